The maximum absolute atomic E-state index is 12.8. The average molecular weight is 336 g/mol. The zero-order chi connectivity index (χ0) is 17.4. The van der Waals surface area contributed by atoms with E-state index < -0.39 is 0 Å². The number of aromatic nitrogens is 5. The van der Waals surface area contributed by atoms with E-state index in [1.165, 1.54) is 5.56 Å². The van der Waals surface area contributed by atoms with Gasteiger partial charge >= 0.3 is 0 Å². The molecule has 1 aliphatic rings. The molecule has 25 heavy (non-hydrogen) atoms. The second kappa shape index (κ2) is 6.23. The highest BCUT2D eigenvalue weighted by Gasteiger charge is 2.25. The summed E-state index contributed by atoms with van der Waals surface area (Å²) in [5, 5.41) is 7.97. The summed E-state index contributed by atoms with van der Waals surface area (Å²) >= 11 is 0. The molecule has 4 rings (SSSR count). The lowest BCUT2D eigenvalue weighted by Gasteiger charge is -2.32. The molecule has 1 aliphatic heterocycles. The lowest BCUT2D eigenvalue weighted by atomic mass is 9.90. The molecule has 0 atom stereocenters. The number of aryl methyl sites for hydroxylation is 2. The number of amides is 1. The van der Waals surface area contributed by atoms with Gasteiger partial charge in [-0.15, -0.1) is 5.10 Å². The molecule has 3 aromatic rings. The summed E-state index contributed by atoms with van der Waals surface area (Å²) in [7, 11) is 1.79. The summed E-state index contributed by atoms with van der Waals surface area (Å²) in [5.41, 5.74) is 4.20. The molecule has 1 fully saturated rings. The normalized spacial score (nSPS) is 15.7. The third-order valence-electron chi connectivity index (χ3n) is 4.88. The van der Waals surface area contributed by atoms with Crippen molar-refractivity contribution in [2.24, 2.45) is 7.05 Å². The first-order valence-corrected chi connectivity index (χ1v) is 8.49. The van der Waals surface area contributed by atoms with Crippen molar-refractivity contribution in [1.82, 2.24) is 29.9 Å². The van der Waals surface area contributed by atoms with Crippen LogP contribution in [0.25, 0.3) is 11.2 Å². The molecule has 0 radical (unpaired) electrons. The van der Waals surface area contributed by atoms with Crippen LogP contribution in [-0.4, -0.2) is 48.9 Å². The summed E-state index contributed by atoms with van der Waals surface area (Å²) in [5.74, 6) is 0.485. The number of rotatable bonds is 2. The van der Waals surface area contributed by atoms with Crippen LogP contribution in [-0.2, 0) is 7.05 Å². The van der Waals surface area contributed by atoms with E-state index in [0.717, 1.165) is 31.6 Å². The summed E-state index contributed by atoms with van der Waals surface area (Å²) in [4.78, 5) is 23.3. The number of hydrogen-bond donors (Lipinski definition) is 0. The Balaban J connectivity index is 1.45. The Labute approximate surface area is 145 Å². The van der Waals surface area contributed by atoms with Crippen LogP contribution in [0.4, 0.5) is 0 Å². The Kier molecular flexibility index (Phi) is 3.91. The Bertz CT molecular complexity index is 909. The van der Waals surface area contributed by atoms with E-state index in [1.54, 1.807) is 24.0 Å². The third kappa shape index (κ3) is 2.97. The maximum atomic E-state index is 12.8. The van der Waals surface area contributed by atoms with E-state index in [9.17, 15) is 4.79 Å². The molecule has 0 aliphatic carbocycles. The van der Waals surface area contributed by atoms with Gasteiger partial charge in [0.15, 0.2) is 5.65 Å². The standard InChI is InChI=1S/C18H20N6O/c1-12-3-4-14(10-19-12)13-5-7-24(8-6-13)18(25)15-9-16-17(20-11-15)23(2)22-21-16/h3-4,9-11,13H,5-8H2,1-2H3. The molecule has 0 bridgehead atoms. The van der Waals surface area contributed by atoms with Gasteiger partial charge in [0.1, 0.15) is 5.52 Å². The van der Waals surface area contributed by atoms with Crippen LogP contribution in [0, 0.1) is 6.92 Å². The molecule has 1 saturated heterocycles. The second-order valence-corrected chi connectivity index (χ2v) is 6.58. The van der Waals surface area contributed by atoms with Crippen LogP contribution in [0.15, 0.2) is 30.6 Å². The van der Waals surface area contributed by atoms with Crippen LogP contribution in [0.1, 0.15) is 40.4 Å². The van der Waals surface area contributed by atoms with Gasteiger partial charge in [0.05, 0.1) is 5.56 Å². The molecule has 7 heteroatoms. The van der Waals surface area contributed by atoms with Crippen molar-refractivity contribution >= 4 is 17.1 Å². The molecule has 0 spiro atoms. The highest BCUT2D eigenvalue weighted by atomic mass is 16.2. The minimum absolute atomic E-state index is 0.0144. The van der Waals surface area contributed by atoms with Gasteiger partial charge in [0.2, 0.25) is 0 Å². The van der Waals surface area contributed by atoms with Crippen molar-refractivity contribution < 1.29 is 4.79 Å². The van der Waals surface area contributed by atoms with Gasteiger partial charge in [-0.2, -0.15) is 0 Å². The molecule has 1 amide bonds. The summed E-state index contributed by atoms with van der Waals surface area (Å²) in [6.07, 6.45) is 5.49. The molecule has 0 aromatic carbocycles. The first kappa shape index (κ1) is 15.7. The van der Waals surface area contributed by atoms with Crippen LogP contribution < -0.4 is 0 Å². The quantitative estimate of drug-likeness (QED) is 0.716. The largest absolute Gasteiger partial charge is 0.339 e. The fourth-order valence-electron chi connectivity index (χ4n) is 3.36. The van der Waals surface area contributed by atoms with Crippen LogP contribution in [0.2, 0.25) is 0 Å². The molecule has 128 valence electrons. The molecule has 0 saturated carbocycles. The highest BCUT2D eigenvalue weighted by Crippen LogP contribution is 2.28. The average Bonchev–Trinajstić information content (AvgIpc) is 3.02. The number of nitrogens with zero attached hydrogens (tertiary/aromatic N) is 6. The Morgan fingerprint density at radius 2 is 1.96 bits per heavy atom. The molecule has 0 unspecified atom stereocenters. The fourth-order valence-corrected chi connectivity index (χ4v) is 3.36. The first-order valence-electron chi connectivity index (χ1n) is 8.49. The van der Waals surface area contributed by atoms with Gasteiger partial charge in [0.25, 0.3) is 5.91 Å². The minimum atomic E-state index is 0.0144. The lowest BCUT2D eigenvalue weighted by molar-refractivity contribution is 0.0712. The van der Waals surface area contributed by atoms with E-state index in [0.29, 0.717) is 22.6 Å². The molecular formula is C18H20N6O. The number of hydrogen-bond acceptors (Lipinski definition) is 5. The van der Waals surface area contributed by atoms with E-state index in [-0.39, 0.29) is 5.91 Å². The number of likely N-dealkylation sites (tertiary alicyclic amines) is 1. The van der Waals surface area contributed by atoms with Crippen LogP contribution in [0.5, 0.6) is 0 Å². The number of carbonyl (C=O) groups excluding carboxylic acids is 1. The molecule has 3 aromatic heterocycles. The third-order valence-corrected chi connectivity index (χ3v) is 4.88. The van der Waals surface area contributed by atoms with Crippen molar-refractivity contribution in [3.63, 3.8) is 0 Å². The van der Waals surface area contributed by atoms with E-state index in [2.05, 4.69) is 32.4 Å². The highest BCUT2D eigenvalue weighted by molar-refractivity contribution is 5.96. The SMILES string of the molecule is Cc1ccc(C2CCN(C(=O)c3cnc4c(c3)nnn4C)CC2)cn1. The molecule has 7 nitrogen and oxygen atoms in total. The number of piperidine rings is 1. The summed E-state index contributed by atoms with van der Waals surface area (Å²) in [6.45, 7) is 3.48. The zero-order valence-electron chi connectivity index (χ0n) is 14.4. The van der Waals surface area contributed by atoms with Gasteiger partial charge in [0, 0.05) is 38.2 Å². The van der Waals surface area contributed by atoms with E-state index >= 15 is 0 Å². The van der Waals surface area contributed by atoms with Crippen LogP contribution in [0.3, 0.4) is 0 Å². The second-order valence-electron chi connectivity index (χ2n) is 6.58. The monoisotopic (exact) mass is 336 g/mol. The van der Waals surface area contributed by atoms with Crippen molar-refractivity contribution in [3.05, 3.63) is 47.4 Å². The first-order chi connectivity index (χ1) is 12.1. The maximum Gasteiger partial charge on any atom is 0.255 e. The van der Waals surface area contributed by atoms with Crippen molar-refractivity contribution in [3.8, 4) is 0 Å². The van der Waals surface area contributed by atoms with Crippen molar-refractivity contribution in [2.45, 2.75) is 25.7 Å². The van der Waals surface area contributed by atoms with Crippen LogP contribution >= 0.6 is 0 Å². The molecule has 4 heterocycles. The Morgan fingerprint density at radius 3 is 2.68 bits per heavy atom. The Hall–Kier alpha value is -2.83. The van der Waals surface area contributed by atoms with Gasteiger partial charge in [-0.05, 0) is 43.4 Å². The number of fused-ring (bicyclic) bond motifs is 1. The zero-order valence-corrected chi connectivity index (χ0v) is 14.4. The van der Waals surface area contributed by atoms with Gasteiger partial charge in [-0.1, -0.05) is 11.3 Å². The van der Waals surface area contributed by atoms with Gasteiger partial charge in [-0.3, -0.25) is 9.78 Å². The number of pyridine rings is 2. The predicted molar refractivity (Wildman–Crippen MR) is 93.2 cm³/mol. The minimum Gasteiger partial charge on any atom is -0.339 e. The van der Waals surface area contributed by atoms with Crippen molar-refractivity contribution in [2.75, 3.05) is 13.1 Å². The summed E-state index contributed by atoms with van der Waals surface area (Å²) in [6, 6.07) is 5.97. The van der Waals surface area contributed by atoms with Gasteiger partial charge < -0.3 is 4.90 Å². The fraction of sp³-hybridized carbons (Fsp3) is 0.389. The topological polar surface area (TPSA) is 76.8 Å². The lowest BCUT2D eigenvalue weighted by Crippen LogP contribution is -2.38. The summed E-state index contributed by atoms with van der Waals surface area (Å²) < 4.78 is 1.60. The van der Waals surface area contributed by atoms with E-state index in [4.69, 9.17) is 0 Å². The molecular weight excluding hydrogens is 316 g/mol. The van der Waals surface area contributed by atoms with Crippen molar-refractivity contribution in [1.29, 1.82) is 0 Å². The Morgan fingerprint density at radius 1 is 1.16 bits per heavy atom. The van der Waals surface area contributed by atoms with E-state index in [1.807, 2.05) is 18.0 Å². The number of carbonyl (C=O) groups is 1. The molecule has 0 N–H and O–H groups in total. The predicted octanol–water partition coefficient (Wildman–Crippen LogP) is 2.09. The van der Waals surface area contributed by atoms with Gasteiger partial charge in [-0.25, -0.2) is 9.67 Å². The smallest absolute Gasteiger partial charge is 0.255 e.